The number of amides is 2. The van der Waals surface area contributed by atoms with Gasteiger partial charge in [-0.3, -0.25) is 14.4 Å². The number of carbonyl (C=O) groups excluding carboxylic acids is 2. The first-order chi connectivity index (χ1) is 13.0. The van der Waals surface area contributed by atoms with E-state index in [1.807, 2.05) is 23.1 Å². The van der Waals surface area contributed by atoms with E-state index in [1.165, 1.54) is 0 Å². The molecule has 2 saturated heterocycles. The molecule has 7 nitrogen and oxygen atoms in total. The molecule has 2 atom stereocenters. The molecule has 146 valence electrons. The number of ether oxygens (including phenoxy) is 1. The number of carboxylic acids is 1. The number of nitrogens with zero attached hydrogens (tertiary/aromatic N) is 2. The third-order valence-corrected chi connectivity index (χ3v) is 5.45. The molecular weight excluding hydrogens is 348 g/mol. The third kappa shape index (κ3) is 4.23. The number of anilines is 1. The highest BCUT2D eigenvalue weighted by Crippen LogP contribution is 2.34. The Hall–Kier alpha value is -2.57. The van der Waals surface area contributed by atoms with Gasteiger partial charge in [-0.1, -0.05) is 12.1 Å². The largest absolute Gasteiger partial charge is 0.495 e. The van der Waals surface area contributed by atoms with Gasteiger partial charge in [0.1, 0.15) is 5.75 Å². The molecule has 0 spiro atoms. The molecule has 2 heterocycles. The number of rotatable bonds is 6. The Labute approximate surface area is 158 Å². The van der Waals surface area contributed by atoms with E-state index in [-0.39, 0.29) is 30.7 Å². The van der Waals surface area contributed by atoms with Crippen molar-refractivity contribution in [1.29, 1.82) is 0 Å². The minimum atomic E-state index is -0.841. The lowest BCUT2D eigenvalue weighted by atomic mass is 9.95. The minimum absolute atomic E-state index is 0.0316. The fraction of sp³-hybridized carbons (Fsp3) is 0.550. The molecule has 2 unspecified atom stereocenters. The summed E-state index contributed by atoms with van der Waals surface area (Å²) in [5.74, 6) is -0.747. The third-order valence-electron chi connectivity index (χ3n) is 5.45. The van der Waals surface area contributed by atoms with E-state index in [2.05, 4.69) is 0 Å². The number of hydrogen-bond donors (Lipinski definition) is 1. The molecule has 0 aromatic heterocycles. The van der Waals surface area contributed by atoms with E-state index >= 15 is 0 Å². The van der Waals surface area contributed by atoms with Crippen LogP contribution in [-0.2, 0) is 14.4 Å². The highest BCUT2D eigenvalue weighted by atomic mass is 16.5. The summed E-state index contributed by atoms with van der Waals surface area (Å²) in [4.78, 5) is 40.0. The maximum Gasteiger partial charge on any atom is 0.303 e. The van der Waals surface area contributed by atoms with E-state index in [9.17, 15) is 14.4 Å². The Morgan fingerprint density at radius 3 is 2.78 bits per heavy atom. The van der Waals surface area contributed by atoms with Crippen molar-refractivity contribution in [3.05, 3.63) is 24.3 Å². The fourth-order valence-electron chi connectivity index (χ4n) is 4.07. The first-order valence-electron chi connectivity index (χ1n) is 9.47. The van der Waals surface area contributed by atoms with Gasteiger partial charge in [0.2, 0.25) is 11.8 Å². The molecular formula is C20H26N2O5. The molecule has 27 heavy (non-hydrogen) atoms. The zero-order chi connectivity index (χ0) is 19.4. The second kappa shape index (κ2) is 8.41. The highest BCUT2D eigenvalue weighted by molar-refractivity contribution is 6.01. The van der Waals surface area contributed by atoms with Gasteiger partial charge in [-0.2, -0.15) is 0 Å². The SMILES string of the molecule is COc1ccccc1N1CC(C(=O)N2CCCCC2CCC(=O)O)CC1=O. The van der Waals surface area contributed by atoms with Crippen molar-refractivity contribution in [2.24, 2.45) is 5.92 Å². The summed E-state index contributed by atoms with van der Waals surface area (Å²) in [6, 6.07) is 7.25. The second-order valence-corrected chi connectivity index (χ2v) is 7.19. The number of benzene rings is 1. The normalized spacial score (nSPS) is 22.8. The van der Waals surface area contributed by atoms with Gasteiger partial charge in [-0.25, -0.2) is 0 Å². The van der Waals surface area contributed by atoms with Crippen molar-refractivity contribution in [3.63, 3.8) is 0 Å². The lowest BCUT2D eigenvalue weighted by molar-refractivity contribution is -0.142. The zero-order valence-corrected chi connectivity index (χ0v) is 15.6. The summed E-state index contributed by atoms with van der Waals surface area (Å²) in [5, 5.41) is 8.96. The Bertz CT molecular complexity index is 720. The number of methoxy groups -OCH3 is 1. The Kier molecular flexibility index (Phi) is 5.98. The molecule has 1 aromatic carbocycles. The topological polar surface area (TPSA) is 87.2 Å². The number of likely N-dealkylation sites (tertiary alicyclic amines) is 1. The average molecular weight is 374 g/mol. The minimum Gasteiger partial charge on any atom is -0.495 e. The first kappa shape index (κ1) is 19.2. The van der Waals surface area contributed by atoms with Gasteiger partial charge in [-0.15, -0.1) is 0 Å². The van der Waals surface area contributed by atoms with Gasteiger partial charge < -0.3 is 19.6 Å². The number of piperidine rings is 1. The summed E-state index contributed by atoms with van der Waals surface area (Å²) in [7, 11) is 1.56. The van der Waals surface area contributed by atoms with E-state index in [0.29, 0.717) is 30.9 Å². The Morgan fingerprint density at radius 2 is 2.04 bits per heavy atom. The smallest absolute Gasteiger partial charge is 0.303 e. The molecule has 3 rings (SSSR count). The van der Waals surface area contributed by atoms with Gasteiger partial charge in [-0.05, 0) is 37.8 Å². The van der Waals surface area contributed by atoms with Crippen LogP contribution < -0.4 is 9.64 Å². The van der Waals surface area contributed by atoms with Gasteiger partial charge in [0.15, 0.2) is 0 Å². The lowest BCUT2D eigenvalue weighted by Crippen LogP contribution is -2.47. The van der Waals surface area contributed by atoms with E-state index in [1.54, 1.807) is 18.1 Å². The van der Waals surface area contributed by atoms with Gasteiger partial charge in [0, 0.05) is 32.0 Å². The highest BCUT2D eigenvalue weighted by Gasteiger charge is 2.40. The van der Waals surface area contributed by atoms with Crippen molar-refractivity contribution in [2.45, 2.75) is 44.6 Å². The van der Waals surface area contributed by atoms with Crippen LogP contribution in [0.1, 0.15) is 38.5 Å². The van der Waals surface area contributed by atoms with Crippen molar-refractivity contribution in [2.75, 3.05) is 25.1 Å². The van der Waals surface area contributed by atoms with Crippen molar-refractivity contribution < 1.29 is 24.2 Å². The van der Waals surface area contributed by atoms with Gasteiger partial charge >= 0.3 is 5.97 Å². The monoisotopic (exact) mass is 374 g/mol. The molecule has 2 amide bonds. The number of aliphatic carboxylic acids is 1. The summed E-state index contributed by atoms with van der Waals surface area (Å²) in [6.45, 7) is 0.975. The van der Waals surface area contributed by atoms with Gasteiger partial charge in [0.25, 0.3) is 0 Å². The standard InChI is InChI=1S/C20H26N2O5/c1-27-17-8-3-2-7-16(17)22-13-14(12-18(22)23)20(26)21-11-5-4-6-15(21)9-10-19(24)25/h2-3,7-8,14-15H,4-6,9-13H2,1H3,(H,24,25). The quantitative estimate of drug-likeness (QED) is 0.826. The van der Waals surface area contributed by atoms with Crippen LogP contribution in [0.2, 0.25) is 0 Å². The summed E-state index contributed by atoms with van der Waals surface area (Å²) < 4.78 is 5.34. The van der Waals surface area contributed by atoms with Crippen LogP contribution in [0.5, 0.6) is 5.75 Å². The maximum atomic E-state index is 13.1. The van der Waals surface area contributed by atoms with Crippen molar-refractivity contribution in [1.82, 2.24) is 4.90 Å². The first-order valence-corrected chi connectivity index (χ1v) is 9.47. The molecule has 0 aliphatic carbocycles. The predicted molar refractivity (Wildman–Crippen MR) is 99.7 cm³/mol. The summed E-state index contributed by atoms with van der Waals surface area (Å²) in [5.41, 5.74) is 0.682. The molecule has 0 radical (unpaired) electrons. The maximum absolute atomic E-state index is 13.1. The molecule has 2 aliphatic heterocycles. The number of carbonyl (C=O) groups is 3. The van der Waals surface area contributed by atoms with Crippen molar-refractivity contribution in [3.8, 4) is 5.75 Å². The number of hydrogen-bond acceptors (Lipinski definition) is 4. The van der Waals surface area contributed by atoms with Gasteiger partial charge in [0.05, 0.1) is 18.7 Å². The Balaban J connectivity index is 1.71. The molecule has 7 heteroatoms. The lowest BCUT2D eigenvalue weighted by Gasteiger charge is -2.37. The van der Waals surface area contributed by atoms with E-state index < -0.39 is 11.9 Å². The summed E-state index contributed by atoms with van der Waals surface area (Å²) >= 11 is 0. The van der Waals surface area contributed by atoms with Crippen LogP contribution in [0.15, 0.2) is 24.3 Å². The average Bonchev–Trinajstić information content (AvgIpc) is 3.07. The molecule has 0 bridgehead atoms. The molecule has 0 saturated carbocycles. The van der Waals surface area contributed by atoms with Crippen LogP contribution >= 0.6 is 0 Å². The van der Waals surface area contributed by atoms with Crippen LogP contribution in [0.4, 0.5) is 5.69 Å². The second-order valence-electron chi connectivity index (χ2n) is 7.19. The van der Waals surface area contributed by atoms with Crippen molar-refractivity contribution >= 4 is 23.5 Å². The van der Waals surface area contributed by atoms with Crippen LogP contribution in [0.3, 0.4) is 0 Å². The Morgan fingerprint density at radius 1 is 1.26 bits per heavy atom. The van der Waals surface area contributed by atoms with E-state index in [0.717, 1.165) is 19.3 Å². The molecule has 2 aliphatic rings. The van der Waals surface area contributed by atoms with Crippen LogP contribution in [0.25, 0.3) is 0 Å². The van der Waals surface area contributed by atoms with Crippen LogP contribution in [0, 0.1) is 5.92 Å². The molecule has 2 fully saturated rings. The number of para-hydroxylation sites is 2. The fourth-order valence-corrected chi connectivity index (χ4v) is 4.07. The van der Waals surface area contributed by atoms with E-state index in [4.69, 9.17) is 9.84 Å². The molecule has 1 aromatic rings. The molecule has 1 N–H and O–H groups in total. The van der Waals surface area contributed by atoms with Crippen LogP contribution in [-0.4, -0.2) is 54.0 Å². The number of carboxylic acid groups (broad SMARTS) is 1. The predicted octanol–water partition coefficient (Wildman–Crippen LogP) is 2.29. The summed E-state index contributed by atoms with van der Waals surface area (Å²) in [6.07, 6.45) is 3.47. The zero-order valence-electron chi connectivity index (χ0n) is 15.6.